The highest BCUT2D eigenvalue weighted by molar-refractivity contribution is 7.99. The predicted octanol–water partition coefficient (Wildman–Crippen LogP) is 3.08. The lowest BCUT2D eigenvalue weighted by Gasteiger charge is -2.18. The molecule has 0 aliphatic carbocycles. The number of carbonyl (C=O) groups excluding carboxylic acids is 2. The standard InChI is InChI=1S/C21H25N3O4S2/c1-3-24(4-2)30(27,28)17-8-5-15(6-9-17)14-22-21(26)16-7-10-19-18(13-16)23-20(25)11-12-29-19/h5-10,13H,3-4,11-12,14H2,1-2H3,(H,22,26)(H,23,25). The number of hydrogen-bond donors (Lipinski definition) is 2. The molecule has 2 amide bonds. The van der Waals surface area contributed by atoms with Gasteiger partial charge in [-0.3, -0.25) is 9.59 Å². The summed E-state index contributed by atoms with van der Waals surface area (Å²) >= 11 is 1.58. The fourth-order valence-corrected chi connectivity index (χ4v) is 5.53. The van der Waals surface area contributed by atoms with Crippen molar-refractivity contribution in [3.05, 3.63) is 53.6 Å². The van der Waals surface area contributed by atoms with Crippen molar-refractivity contribution in [2.24, 2.45) is 0 Å². The monoisotopic (exact) mass is 447 g/mol. The van der Waals surface area contributed by atoms with E-state index in [0.717, 1.165) is 10.5 Å². The molecule has 1 heterocycles. The third-order valence-corrected chi connectivity index (χ3v) is 7.96. The minimum atomic E-state index is -3.50. The average Bonchev–Trinajstić information content (AvgIpc) is 2.92. The van der Waals surface area contributed by atoms with E-state index in [9.17, 15) is 18.0 Å². The molecule has 9 heteroatoms. The van der Waals surface area contributed by atoms with Gasteiger partial charge in [-0.2, -0.15) is 4.31 Å². The molecule has 2 aromatic carbocycles. The summed E-state index contributed by atoms with van der Waals surface area (Å²) in [6, 6.07) is 11.8. The number of amides is 2. The Morgan fingerprint density at radius 3 is 2.50 bits per heavy atom. The number of nitrogens with zero attached hydrogens (tertiary/aromatic N) is 1. The molecule has 0 atom stereocenters. The normalized spacial score (nSPS) is 14.0. The molecule has 3 rings (SSSR count). The molecule has 2 aromatic rings. The van der Waals surface area contributed by atoms with Crippen LogP contribution in [0, 0.1) is 0 Å². The van der Waals surface area contributed by atoms with Crippen molar-refractivity contribution < 1.29 is 18.0 Å². The molecule has 7 nitrogen and oxygen atoms in total. The average molecular weight is 448 g/mol. The van der Waals surface area contributed by atoms with Crippen LogP contribution in [0.4, 0.5) is 5.69 Å². The molecule has 0 spiro atoms. The molecule has 2 N–H and O–H groups in total. The van der Waals surface area contributed by atoms with E-state index >= 15 is 0 Å². The summed E-state index contributed by atoms with van der Waals surface area (Å²) in [6.07, 6.45) is 0.445. The van der Waals surface area contributed by atoms with E-state index in [1.807, 2.05) is 6.07 Å². The van der Waals surface area contributed by atoms with Crippen LogP contribution >= 0.6 is 11.8 Å². The number of anilines is 1. The molecule has 0 fully saturated rings. The maximum absolute atomic E-state index is 12.5. The van der Waals surface area contributed by atoms with Crippen molar-refractivity contribution in [1.29, 1.82) is 0 Å². The molecular formula is C21H25N3O4S2. The fraction of sp³-hybridized carbons (Fsp3) is 0.333. The predicted molar refractivity (Wildman–Crippen MR) is 118 cm³/mol. The van der Waals surface area contributed by atoms with Crippen LogP contribution in [0.15, 0.2) is 52.3 Å². The molecule has 0 unspecified atom stereocenters. The second-order valence-electron chi connectivity index (χ2n) is 6.77. The molecule has 0 bridgehead atoms. The Morgan fingerprint density at radius 2 is 1.83 bits per heavy atom. The van der Waals surface area contributed by atoms with Crippen LogP contribution in [0.3, 0.4) is 0 Å². The number of thioether (sulfide) groups is 1. The lowest BCUT2D eigenvalue weighted by atomic mass is 10.1. The molecule has 1 aliphatic heterocycles. The van der Waals surface area contributed by atoms with Crippen molar-refractivity contribution in [2.45, 2.75) is 36.6 Å². The van der Waals surface area contributed by atoms with Gasteiger partial charge in [-0.15, -0.1) is 11.8 Å². The number of fused-ring (bicyclic) bond motifs is 1. The van der Waals surface area contributed by atoms with Crippen molar-refractivity contribution in [1.82, 2.24) is 9.62 Å². The molecule has 160 valence electrons. The van der Waals surface area contributed by atoms with Gasteiger partial charge in [0.25, 0.3) is 5.91 Å². The first-order valence-electron chi connectivity index (χ1n) is 9.79. The molecule has 30 heavy (non-hydrogen) atoms. The Morgan fingerprint density at radius 1 is 1.13 bits per heavy atom. The van der Waals surface area contributed by atoms with Crippen LogP contribution < -0.4 is 10.6 Å². The third-order valence-electron chi connectivity index (χ3n) is 4.82. The quantitative estimate of drug-likeness (QED) is 0.680. The van der Waals surface area contributed by atoms with Gasteiger partial charge in [-0.05, 0) is 35.9 Å². The van der Waals surface area contributed by atoms with E-state index in [4.69, 9.17) is 0 Å². The zero-order chi connectivity index (χ0) is 21.7. The van der Waals surface area contributed by atoms with Gasteiger partial charge in [-0.1, -0.05) is 26.0 Å². The van der Waals surface area contributed by atoms with Crippen LogP contribution in [-0.4, -0.2) is 43.4 Å². The van der Waals surface area contributed by atoms with Gasteiger partial charge in [0.2, 0.25) is 15.9 Å². The Labute approximate surface area is 181 Å². The van der Waals surface area contributed by atoms with Crippen LogP contribution in [0.5, 0.6) is 0 Å². The van der Waals surface area contributed by atoms with Gasteiger partial charge in [0, 0.05) is 42.3 Å². The lowest BCUT2D eigenvalue weighted by Crippen LogP contribution is -2.30. The van der Waals surface area contributed by atoms with Crippen LogP contribution in [0.2, 0.25) is 0 Å². The number of hydrogen-bond acceptors (Lipinski definition) is 5. The molecular weight excluding hydrogens is 422 g/mol. The summed E-state index contributed by atoms with van der Waals surface area (Å²) in [6.45, 7) is 4.70. The summed E-state index contributed by atoms with van der Waals surface area (Å²) < 4.78 is 26.5. The Hall–Kier alpha value is -2.36. The molecule has 1 aliphatic rings. The van der Waals surface area contributed by atoms with Crippen molar-refractivity contribution in [3.63, 3.8) is 0 Å². The first-order valence-corrected chi connectivity index (χ1v) is 12.2. The number of benzene rings is 2. The number of nitrogens with one attached hydrogen (secondary N) is 2. The number of rotatable bonds is 7. The van der Waals surface area contributed by atoms with Crippen LogP contribution in [0.25, 0.3) is 0 Å². The summed E-state index contributed by atoms with van der Waals surface area (Å²) in [4.78, 5) is 25.5. The van der Waals surface area contributed by atoms with Gasteiger partial charge in [-0.25, -0.2) is 8.42 Å². The molecule has 0 saturated carbocycles. The lowest BCUT2D eigenvalue weighted by molar-refractivity contribution is -0.115. The number of sulfonamides is 1. The zero-order valence-electron chi connectivity index (χ0n) is 17.0. The van der Waals surface area contributed by atoms with Crippen molar-refractivity contribution in [2.75, 3.05) is 24.2 Å². The number of carbonyl (C=O) groups is 2. The second kappa shape index (κ2) is 9.63. The van der Waals surface area contributed by atoms with Gasteiger partial charge < -0.3 is 10.6 Å². The Bertz CT molecular complexity index is 1030. The fourth-order valence-electron chi connectivity index (χ4n) is 3.14. The zero-order valence-corrected chi connectivity index (χ0v) is 18.6. The van der Waals surface area contributed by atoms with E-state index in [-0.39, 0.29) is 23.3 Å². The smallest absolute Gasteiger partial charge is 0.251 e. The van der Waals surface area contributed by atoms with Gasteiger partial charge >= 0.3 is 0 Å². The minimum absolute atomic E-state index is 0.0569. The summed E-state index contributed by atoms with van der Waals surface area (Å²) in [5.74, 6) is 0.393. The van der Waals surface area contributed by atoms with Gasteiger partial charge in [0.1, 0.15) is 0 Å². The maximum Gasteiger partial charge on any atom is 0.251 e. The van der Waals surface area contributed by atoms with Crippen LogP contribution in [0.1, 0.15) is 36.2 Å². The molecule has 0 aromatic heterocycles. The van der Waals surface area contributed by atoms with Crippen molar-refractivity contribution in [3.8, 4) is 0 Å². The summed E-state index contributed by atoms with van der Waals surface area (Å²) in [5.41, 5.74) is 1.90. The SMILES string of the molecule is CCN(CC)S(=O)(=O)c1ccc(CNC(=O)c2ccc3c(c2)NC(=O)CCS3)cc1. The highest BCUT2D eigenvalue weighted by Crippen LogP contribution is 2.31. The van der Waals surface area contributed by atoms with E-state index < -0.39 is 10.0 Å². The summed E-state index contributed by atoms with van der Waals surface area (Å²) in [7, 11) is -3.50. The maximum atomic E-state index is 12.5. The third kappa shape index (κ3) is 5.03. The largest absolute Gasteiger partial charge is 0.348 e. The topological polar surface area (TPSA) is 95.6 Å². The van der Waals surface area contributed by atoms with Gasteiger partial charge in [0.05, 0.1) is 10.6 Å². The van der Waals surface area contributed by atoms with E-state index in [1.165, 1.54) is 4.31 Å². The van der Waals surface area contributed by atoms with E-state index in [2.05, 4.69) is 10.6 Å². The minimum Gasteiger partial charge on any atom is -0.348 e. The van der Waals surface area contributed by atoms with E-state index in [0.29, 0.717) is 36.5 Å². The summed E-state index contributed by atoms with van der Waals surface area (Å²) in [5, 5.41) is 5.66. The Balaban J connectivity index is 1.66. The Kier molecular flexibility index (Phi) is 7.17. The first-order chi connectivity index (χ1) is 14.3. The van der Waals surface area contributed by atoms with Crippen molar-refractivity contribution >= 4 is 39.3 Å². The highest BCUT2D eigenvalue weighted by Gasteiger charge is 2.21. The molecule has 0 saturated heterocycles. The van der Waals surface area contributed by atoms with E-state index in [1.54, 1.807) is 62.0 Å². The molecule has 0 radical (unpaired) electrons. The van der Waals surface area contributed by atoms with Crippen LogP contribution in [-0.2, 0) is 21.4 Å². The van der Waals surface area contributed by atoms with Gasteiger partial charge in [0.15, 0.2) is 0 Å². The highest BCUT2D eigenvalue weighted by atomic mass is 32.2. The second-order valence-corrected chi connectivity index (χ2v) is 9.85. The first kappa shape index (κ1) is 22.3.